The van der Waals surface area contributed by atoms with E-state index >= 15 is 0 Å². The Morgan fingerprint density at radius 3 is 2.24 bits per heavy atom. The van der Waals surface area contributed by atoms with Crippen LogP contribution in [0.25, 0.3) is 0 Å². The molecular formula is C24H29F4N3O2. The Bertz CT molecular complexity index is 1080. The van der Waals surface area contributed by atoms with Crippen molar-refractivity contribution in [3.63, 3.8) is 0 Å². The summed E-state index contributed by atoms with van der Waals surface area (Å²) in [6.45, 7) is 6.25. The van der Waals surface area contributed by atoms with Gasteiger partial charge in [-0.1, -0.05) is 6.07 Å². The van der Waals surface area contributed by atoms with Crippen LogP contribution in [-0.4, -0.2) is 52.1 Å². The SMILES string of the molecule is Cc1cc(C(=O)N2CCC3(CC2)c2c(F)cc(C(F)(F)F)n2CCN3C)ccc1C(C)(C)O. The summed E-state index contributed by atoms with van der Waals surface area (Å²) in [6, 6.07) is 5.76. The molecule has 9 heteroatoms. The number of rotatable bonds is 2. The lowest BCUT2D eigenvalue weighted by Crippen LogP contribution is -2.57. The minimum absolute atomic E-state index is 0.0704. The lowest BCUT2D eigenvalue weighted by atomic mass is 9.81. The summed E-state index contributed by atoms with van der Waals surface area (Å²) in [5.74, 6) is -1.02. The molecule has 2 aliphatic rings. The number of alkyl halides is 3. The van der Waals surface area contributed by atoms with E-state index in [9.17, 15) is 27.5 Å². The number of aliphatic hydroxyl groups is 1. The predicted molar refractivity (Wildman–Crippen MR) is 115 cm³/mol. The summed E-state index contributed by atoms with van der Waals surface area (Å²) in [6.07, 6.45) is -3.94. The molecule has 3 heterocycles. The molecule has 1 aromatic carbocycles. The molecule has 2 aliphatic heterocycles. The fourth-order valence-electron chi connectivity index (χ4n) is 5.47. The molecule has 0 radical (unpaired) electrons. The Hall–Kier alpha value is -2.39. The average Bonchev–Trinajstić information content (AvgIpc) is 3.08. The molecule has 5 nitrogen and oxygen atoms in total. The van der Waals surface area contributed by atoms with Gasteiger partial charge in [-0.25, -0.2) is 4.39 Å². The number of likely N-dealkylation sites (tertiary alicyclic amines) is 1. The molecular weight excluding hydrogens is 438 g/mol. The summed E-state index contributed by atoms with van der Waals surface area (Å²) in [7, 11) is 1.80. The van der Waals surface area contributed by atoms with Crippen LogP contribution in [0.3, 0.4) is 0 Å². The topological polar surface area (TPSA) is 48.7 Å². The van der Waals surface area contributed by atoms with E-state index in [1.807, 2.05) is 11.8 Å². The molecule has 1 aromatic heterocycles. The first-order chi connectivity index (χ1) is 15.3. The first-order valence-corrected chi connectivity index (χ1v) is 11.1. The van der Waals surface area contributed by atoms with E-state index in [0.717, 1.165) is 15.7 Å². The fourth-order valence-corrected chi connectivity index (χ4v) is 5.47. The number of hydrogen-bond donors (Lipinski definition) is 1. The number of amides is 1. The Labute approximate surface area is 190 Å². The predicted octanol–water partition coefficient (Wildman–Crippen LogP) is 4.26. The average molecular weight is 468 g/mol. The third-order valence-electron chi connectivity index (χ3n) is 7.18. The van der Waals surface area contributed by atoms with Crippen LogP contribution in [0.15, 0.2) is 24.3 Å². The molecule has 1 saturated heterocycles. The van der Waals surface area contributed by atoms with Crippen LogP contribution in [0.5, 0.6) is 0 Å². The lowest BCUT2D eigenvalue weighted by molar-refractivity contribution is -0.144. The third kappa shape index (κ3) is 3.95. The van der Waals surface area contributed by atoms with Gasteiger partial charge in [0.05, 0.1) is 16.8 Å². The molecule has 33 heavy (non-hydrogen) atoms. The van der Waals surface area contributed by atoms with E-state index in [1.54, 1.807) is 44.0 Å². The summed E-state index contributed by atoms with van der Waals surface area (Å²) in [5, 5.41) is 10.3. The van der Waals surface area contributed by atoms with Gasteiger partial charge >= 0.3 is 6.18 Å². The van der Waals surface area contributed by atoms with E-state index in [0.29, 0.717) is 44.1 Å². The molecule has 1 N–H and O–H groups in total. The highest BCUT2D eigenvalue weighted by Crippen LogP contribution is 2.45. The van der Waals surface area contributed by atoms with E-state index in [2.05, 4.69) is 0 Å². The summed E-state index contributed by atoms with van der Waals surface area (Å²) in [5.41, 5.74) is -0.774. The van der Waals surface area contributed by atoms with Crippen molar-refractivity contribution in [1.82, 2.24) is 14.4 Å². The van der Waals surface area contributed by atoms with Gasteiger partial charge in [-0.2, -0.15) is 13.2 Å². The number of likely N-dealkylation sites (N-methyl/N-ethyl adjacent to an activating group) is 1. The number of fused-ring (bicyclic) bond motifs is 2. The minimum atomic E-state index is -4.62. The Morgan fingerprint density at radius 2 is 1.70 bits per heavy atom. The zero-order valence-corrected chi connectivity index (χ0v) is 19.3. The highest BCUT2D eigenvalue weighted by Gasteiger charge is 2.49. The van der Waals surface area contributed by atoms with Crippen molar-refractivity contribution in [3.8, 4) is 0 Å². The number of nitrogens with zero attached hydrogens (tertiary/aromatic N) is 3. The molecule has 180 valence electrons. The number of carbonyl (C=O) groups excluding carboxylic acids is 1. The summed E-state index contributed by atoms with van der Waals surface area (Å²) >= 11 is 0. The van der Waals surface area contributed by atoms with Crippen LogP contribution in [0.2, 0.25) is 0 Å². The molecule has 0 bridgehead atoms. The van der Waals surface area contributed by atoms with E-state index in [-0.39, 0.29) is 18.1 Å². The number of aryl methyl sites for hydroxylation is 1. The van der Waals surface area contributed by atoms with Gasteiger partial charge in [0, 0.05) is 37.8 Å². The standard InChI is InChI=1S/C24H29F4N3O2/c1-15-13-16(5-6-17(15)22(2,3)33)21(32)30-9-7-23(8-10-30)20-18(25)14-19(24(26,27)28)31(20)12-11-29(23)4/h5-6,13-14,33H,7-12H2,1-4H3. The van der Waals surface area contributed by atoms with Gasteiger partial charge in [0.2, 0.25) is 0 Å². The fraction of sp³-hybridized carbons (Fsp3) is 0.542. The third-order valence-corrected chi connectivity index (χ3v) is 7.18. The molecule has 1 spiro atoms. The molecule has 0 unspecified atom stereocenters. The molecule has 2 aromatic rings. The first-order valence-electron chi connectivity index (χ1n) is 11.1. The molecule has 1 fully saturated rings. The van der Waals surface area contributed by atoms with Crippen LogP contribution >= 0.6 is 0 Å². The van der Waals surface area contributed by atoms with Gasteiger partial charge in [0.1, 0.15) is 11.5 Å². The van der Waals surface area contributed by atoms with Crippen LogP contribution in [0.4, 0.5) is 17.6 Å². The van der Waals surface area contributed by atoms with Crippen molar-refractivity contribution in [3.05, 3.63) is 58.2 Å². The molecule has 0 atom stereocenters. The number of carbonyl (C=O) groups is 1. The quantitative estimate of drug-likeness (QED) is 0.672. The van der Waals surface area contributed by atoms with Crippen LogP contribution in [0, 0.1) is 12.7 Å². The highest BCUT2D eigenvalue weighted by atomic mass is 19.4. The molecule has 0 aliphatic carbocycles. The van der Waals surface area contributed by atoms with Gasteiger partial charge in [-0.15, -0.1) is 0 Å². The molecule has 4 rings (SSSR count). The molecule has 1 amide bonds. The van der Waals surface area contributed by atoms with Gasteiger partial charge < -0.3 is 14.6 Å². The highest BCUT2D eigenvalue weighted by molar-refractivity contribution is 5.94. The van der Waals surface area contributed by atoms with Crippen molar-refractivity contribution in [2.24, 2.45) is 0 Å². The zero-order valence-electron chi connectivity index (χ0n) is 19.3. The second-order valence-electron chi connectivity index (χ2n) is 9.71. The number of hydrogen-bond acceptors (Lipinski definition) is 3. The smallest absolute Gasteiger partial charge is 0.386 e. The van der Waals surface area contributed by atoms with Crippen molar-refractivity contribution >= 4 is 5.91 Å². The Kier molecular flexibility index (Phi) is 5.64. The number of benzene rings is 1. The van der Waals surface area contributed by atoms with Gasteiger partial charge in [0.25, 0.3) is 5.91 Å². The summed E-state index contributed by atoms with van der Waals surface area (Å²) < 4.78 is 56.3. The maximum absolute atomic E-state index is 14.9. The van der Waals surface area contributed by atoms with Crippen molar-refractivity contribution in [2.45, 2.75) is 57.5 Å². The monoisotopic (exact) mass is 467 g/mol. The Morgan fingerprint density at radius 1 is 1.06 bits per heavy atom. The van der Waals surface area contributed by atoms with E-state index in [4.69, 9.17) is 0 Å². The normalized spacial score (nSPS) is 19.1. The number of halogens is 4. The van der Waals surface area contributed by atoms with Crippen molar-refractivity contribution in [1.29, 1.82) is 0 Å². The number of aromatic nitrogens is 1. The first kappa shape index (κ1) is 23.8. The lowest BCUT2D eigenvalue weighted by Gasteiger charge is -2.50. The van der Waals surface area contributed by atoms with Gasteiger partial charge in [0.15, 0.2) is 0 Å². The van der Waals surface area contributed by atoms with Crippen LogP contribution in [0.1, 0.15) is 59.6 Å². The van der Waals surface area contributed by atoms with Gasteiger partial charge in [-0.3, -0.25) is 9.69 Å². The maximum Gasteiger partial charge on any atom is 0.431 e. The second-order valence-corrected chi connectivity index (χ2v) is 9.71. The second kappa shape index (κ2) is 7.84. The zero-order chi connectivity index (χ0) is 24.3. The van der Waals surface area contributed by atoms with Gasteiger partial charge in [-0.05, 0) is 63.9 Å². The van der Waals surface area contributed by atoms with E-state index < -0.39 is 28.8 Å². The van der Waals surface area contributed by atoms with Crippen molar-refractivity contribution < 1.29 is 27.5 Å². The number of piperidine rings is 1. The van der Waals surface area contributed by atoms with Crippen LogP contribution in [-0.2, 0) is 23.9 Å². The van der Waals surface area contributed by atoms with Crippen molar-refractivity contribution in [2.75, 3.05) is 26.7 Å². The summed E-state index contributed by atoms with van der Waals surface area (Å²) in [4.78, 5) is 16.7. The minimum Gasteiger partial charge on any atom is -0.386 e. The molecule has 0 saturated carbocycles. The van der Waals surface area contributed by atoms with Crippen LogP contribution < -0.4 is 0 Å². The maximum atomic E-state index is 14.9. The largest absolute Gasteiger partial charge is 0.431 e. The van der Waals surface area contributed by atoms with E-state index in [1.165, 1.54) is 0 Å². The Balaban J connectivity index is 1.59.